The molecule has 5 heteroatoms. The molecule has 3 rings (SSSR count). The summed E-state index contributed by atoms with van der Waals surface area (Å²) in [7, 11) is 0. The van der Waals surface area contributed by atoms with Crippen molar-refractivity contribution in [1.82, 2.24) is 15.1 Å². The van der Waals surface area contributed by atoms with Gasteiger partial charge < -0.3 is 15.0 Å². The molecule has 1 amide bonds. The van der Waals surface area contributed by atoms with Crippen molar-refractivity contribution in [3.63, 3.8) is 0 Å². The number of amides is 1. The van der Waals surface area contributed by atoms with Crippen LogP contribution in [-0.2, 0) is 11.2 Å². The van der Waals surface area contributed by atoms with E-state index in [1.54, 1.807) is 0 Å². The third-order valence-corrected chi connectivity index (χ3v) is 5.06. The molecule has 0 unspecified atom stereocenters. The lowest BCUT2D eigenvalue weighted by Crippen LogP contribution is -2.51. The number of hydrogen-bond acceptors (Lipinski definition) is 4. The second kappa shape index (κ2) is 8.68. The van der Waals surface area contributed by atoms with Gasteiger partial charge in [0.25, 0.3) is 0 Å². The van der Waals surface area contributed by atoms with Crippen LogP contribution in [0.2, 0.25) is 0 Å². The molecule has 1 fully saturated rings. The number of ether oxygens (including phenoxy) is 1. The van der Waals surface area contributed by atoms with Crippen LogP contribution in [0.3, 0.4) is 0 Å². The molecule has 0 bridgehead atoms. The van der Waals surface area contributed by atoms with Crippen molar-refractivity contribution in [2.24, 2.45) is 5.92 Å². The Hall–Kier alpha value is -1.59. The molecule has 138 valence electrons. The molecule has 5 nitrogen and oxygen atoms in total. The van der Waals surface area contributed by atoms with Gasteiger partial charge in [-0.25, -0.2) is 0 Å². The van der Waals surface area contributed by atoms with Crippen LogP contribution in [-0.4, -0.2) is 67.6 Å². The highest BCUT2D eigenvalue weighted by molar-refractivity contribution is 5.78. The molecular weight excluding hydrogens is 314 g/mol. The number of benzene rings is 1. The van der Waals surface area contributed by atoms with Gasteiger partial charge in [0.05, 0.1) is 13.2 Å². The summed E-state index contributed by atoms with van der Waals surface area (Å²) in [6.45, 7) is 10.5. The first-order chi connectivity index (χ1) is 12.1. The molecule has 25 heavy (non-hydrogen) atoms. The van der Waals surface area contributed by atoms with Crippen LogP contribution in [0.4, 0.5) is 0 Å². The summed E-state index contributed by atoms with van der Waals surface area (Å²) in [6, 6.07) is 8.64. The van der Waals surface area contributed by atoms with Crippen molar-refractivity contribution in [2.45, 2.75) is 32.7 Å². The summed E-state index contributed by atoms with van der Waals surface area (Å²) >= 11 is 0. The predicted octanol–water partition coefficient (Wildman–Crippen LogP) is 1.77. The first kappa shape index (κ1) is 18.2. The molecule has 1 aromatic rings. The zero-order valence-corrected chi connectivity index (χ0v) is 15.5. The van der Waals surface area contributed by atoms with Crippen molar-refractivity contribution in [3.05, 3.63) is 29.8 Å². The van der Waals surface area contributed by atoms with Gasteiger partial charge in [0.1, 0.15) is 5.75 Å². The van der Waals surface area contributed by atoms with Crippen LogP contribution in [0.5, 0.6) is 5.75 Å². The molecule has 0 aliphatic carbocycles. The van der Waals surface area contributed by atoms with Crippen LogP contribution in [0.25, 0.3) is 0 Å². The fourth-order valence-electron chi connectivity index (χ4n) is 3.78. The minimum atomic E-state index is 0.140. The first-order valence-corrected chi connectivity index (χ1v) is 9.55. The second-order valence-electron chi connectivity index (χ2n) is 7.61. The molecule has 2 aliphatic heterocycles. The third kappa shape index (κ3) is 5.44. The molecule has 0 spiro atoms. The molecule has 1 saturated heterocycles. The Bertz CT molecular complexity index is 568. The number of carbonyl (C=O) groups is 1. The molecular formula is C20H31N3O2. The minimum absolute atomic E-state index is 0.140. The minimum Gasteiger partial charge on any atom is -0.493 e. The topological polar surface area (TPSA) is 44.8 Å². The van der Waals surface area contributed by atoms with Gasteiger partial charge in [-0.15, -0.1) is 0 Å². The van der Waals surface area contributed by atoms with E-state index >= 15 is 0 Å². The number of fused-ring (bicyclic) bond motifs is 1. The summed E-state index contributed by atoms with van der Waals surface area (Å²) in [6.07, 6.45) is 2.22. The number of carbonyl (C=O) groups excluding carboxylic acids is 1. The van der Waals surface area contributed by atoms with E-state index in [4.69, 9.17) is 4.74 Å². The van der Waals surface area contributed by atoms with Crippen molar-refractivity contribution in [3.8, 4) is 5.75 Å². The van der Waals surface area contributed by atoms with Crippen LogP contribution in [0.15, 0.2) is 24.3 Å². The van der Waals surface area contributed by atoms with E-state index in [-0.39, 0.29) is 11.9 Å². The van der Waals surface area contributed by atoms with E-state index in [1.165, 1.54) is 5.56 Å². The Balaban J connectivity index is 1.44. The average molecular weight is 345 g/mol. The Morgan fingerprint density at radius 1 is 1.20 bits per heavy atom. The molecule has 0 aromatic heterocycles. The predicted molar refractivity (Wildman–Crippen MR) is 99.9 cm³/mol. The highest BCUT2D eigenvalue weighted by Gasteiger charge is 2.23. The smallest absolute Gasteiger partial charge is 0.234 e. The maximum Gasteiger partial charge on any atom is 0.234 e. The lowest BCUT2D eigenvalue weighted by molar-refractivity contribution is -0.123. The highest BCUT2D eigenvalue weighted by Crippen LogP contribution is 2.27. The number of nitrogens with one attached hydrogen (secondary N) is 1. The molecule has 1 N–H and O–H groups in total. The van der Waals surface area contributed by atoms with Gasteiger partial charge in [0.2, 0.25) is 5.91 Å². The largest absolute Gasteiger partial charge is 0.493 e. The van der Waals surface area contributed by atoms with Gasteiger partial charge >= 0.3 is 0 Å². The van der Waals surface area contributed by atoms with Crippen LogP contribution in [0.1, 0.15) is 25.8 Å². The van der Waals surface area contributed by atoms with Gasteiger partial charge in [-0.05, 0) is 44.2 Å². The summed E-state index contributed by atoms with van der Waals surface area (Å²) in [4.78, 5) is 16.7. The van der Waals surface area contributed by atoms with Crippen LogP contribution in [0, 0.1) is 5.92 Å². The number of piperazine rings is 1. The SMILES string of the molecule is CC(C)NC(=O)CN1CCN(C[C@@H]2CCOc3ccccc3C2)CC1. The Morgan fingerprint density at radius 2 is 1.92 bits per heavy atom. The lowest BCUT2D eigenvalue weighted by atomic mass is 9.96. The lowest BCUT2D eigenvalue weighted by Gasteiger charge is -2.36. The van der Waals surface area contributed by atoms with E-state index in [0.717, 1.165) is 57.9 Å². The maximum absolute atomic E-state index is 11.9. The van der Waals surface area contributed by atoms with Gasteiger partial charge in [-0.1, -0.05) is 18.2 Å². The van der Waals surface area contributed by atoms with Crippen molar-refractivity contribution < 1.29 is 9.53 Å². The van der Waals surface area contributed by atoms with Gasteiger partial charge in [0.15, 0.2) is 0 Å². The molecule has 2 aliphatic rings. The van der Waals surface area contributed by atoms with Crippen molar-refractivity contribution in [2.75, 3.05) is 45.9 Å². The zero-order chi connectivity index (χ0) is 17.6. The Morgan fingerprint density at radius 3 is 2.68 bits per heavy atom. The fraction of sp³-hybridized carbons (Fsp3) is 0.650. The standard InChI is InChI=1S/C20H31N3O2/c1-16(2)21-20(24)15-23-10-8-22(9-11-23)14-17-7-12-25-19-6-4-3-5-18(19)13-17/h3-6,16-17H,7-15H2,1-2H3,(H,21,24)/t17-/m1/s1. The first-order valence-electron chi connectivity index (χ1n) is 9.55. The number of rotatable bonds is 5. The maximum atomic E-state index is 11.9. The third-order valence-electron chi connectivity index (χ3n) is 5.06. The van der Waals surface area contributed by atoms with Gasteiger partial charge in [-0.3, -0.25) is 9.69 Å². The summed E-state index contributed by atoms with van der Waals surface area (Å²) in [5, 5.41) is 2.98. The van der Waals surface area contributed by atoms with E-state index in [9.17, 15) is 4.79 Å². The second-order valence-corrected chi connectivity index (χ2v) is 7.61. The van der Waals surface area contributed by atoms with E-state index in [1.807, 2.05) is 19.9 Å². The molecule has 1 atom stereocenters. The number of nitrogens with zero attached hydrogens (tertiary/aromatic N) is 2. The Kier molecular flexibility index (Phi) is 6.32. The highest BCUT2D eigenvalue weighted by atomic mass is 16.5. The molecule has 1 aromatic carbocycles. The van der Waals surface area contributed by atoms with E-state index < -0.39 is 0 Å². The van der Waals surface area contributed by atoms with Gasteiger partial charge in [-0.2, -0.15) is 0 Å². The average Bonchev–Trinajstić information content (AvgIpc) is 2.77. The van der Waals surface area contributed by atoms with Crippen LogP contribution >= 0.6 is 0 Å². The van der Waals surface area contributed by atoms with Crippen LogP contribution < -0.4 is 10.1 Å². The summed E-state index contributed by atoms with van der Waals surface area (Å²) in [5.74, 6) is 1.85. The van der Waals surface area contributed by atoms with Crippen molar-refractivity contribution >= 4 is 5.91 Å². The molecule has 0 saturated carbocycles. The summed E-state index contributed by atoms with van der Waals surface area (Å²) in [5.41, 5.74) is 1.34. The number of para-hydroxylation sites is 1. The fourth-order valence-corrected chi connectivity index (χ4v) is 3.78. The van der Waals surface area contributed by atoms with E-state index in [0.29, 0.717) is 12.5 Å². The molecule has 2 heterocycles. The van der Waals surface area contributed by atoms with Gasteiger partial charge in [0, 0.05) is 38.8 Å². The summed E-state index contributed by atoms with van der Waals surface area (Å²) < 4.78 is 5.89. The quantitative estimate of drug-likeness (QED) is 0.883. The number of hydrogen-bond donors (Lipinski definition) is 1. The Labute approximate surface area is 151 Å². The zero-order valence-electron chi connectivity index (χ0n) is 15.5. The van der Waals surface area contributed by atoms with E-state index in [2.05, 4.69) is 33.3 Å². The monoisotopic (exact) mass is 345 g/mol. The van der Waals surface area contributed by atoms with Crippen molar-refractivity contribution in [1.29, 1.82) is 0 Å². The molecule has 0 radical (unpaired) electrons. The normalized spacial score (nSPS) is 22.1.